The van der Waals surface area contributed by atoms with Crippen LogP contribution in [0.1, 0.15) is 25.8 Å². The second kappa shape index (κ2) is 5.23. The van der Waals surface area contributed by atoms with Gasteiger partial charge in [-0.1, -0.05) is 13.8 Å². The Balaban J connectivity index is 2.25. The summed E-state index contributed by atoms with van der Waals surface area (Å²) in [5, 5.41) is 0. The fourth-order valence-corrected chi connectivity index (χ4v) is 4.02. The number of anilines is 1. The van der Waals surface area contributed by atoms with Gasteiger partial charge >= 0.3 is 0 Å². The molecule has 2 atom stereocenters. The van der Waals surface area contributed by atoms with E-state index in [1.54, 1.807) is 7.11 Å². The molecule has 1 aromatic rings. The topological polar surface area (TPSA) is 81.4 Å². The number of hydrogen-bond acceptors (Lipinski definition) is 4. The number of nitrogens with two attached hydrogens (primary N) is 1. The summed E-state index contributed by atoms with van der Waals surface area (Å²) in [5.74, 6) is -0.627. The number of nitrogen functional groups attached to an aromatic ring is 1. The van der Waals surface area contributed by atoms with Crippen molar-refractivity contribution >= 4 is 15.7 Å². The average Bonchev–Trinajstić information content (AvgIpc) is 2.39. The van der Waals surface area contributed by atoms with Crippen LogP contribution in [-0.2, 0) is 14.8 Å². The highest BCUT2D eigenvalue weighted by Gasteiger charge is 2.50. The van der Waals surface area contributed by atoms with Crippen LogP contribution in [0.4, 0.5) is 10.1 Å². The minimum absolute atomic E-state index is 0.00465. The normalized spacial score (nSPS) is 24.6. The minimum atomic E-state index is -3.81. The van der Waals surface area contributed by atoms with E-state index < -0.39 is 15.8 Å². The number of hydrogen-bond donors (Lipinski definition) is 2. The van der Waals surface area contributed by atoms with Gasteiger partial charge in [-0.05, 0) is 25.5 Å². The number of methoxy groups -OCH3 is 1. The third-order valence-electron chi connectivity index (χ3n) is 4.43. The lowest BCUT2D eigenvalue weighted by Gasteiger charge is -2.50. The summed E-state index contributed by atoms with van der Waals surface area (Å²) in [6, 6.07) is 2.02. The fraction of sp³-hybridized carbons (Fsp3) is 0.571. The van der Waals surface area contributed by atoms with Crippen molar-refractivity contribution in [3.05, 3.63) is 23.5 Å². The number of ether oxygens (including phenoxy) is 1. The zero-order valence-corrected chi connectivity index (χ0v) is 13.4. The summed E-state index contributed by atoms with van der Waals surface area (Å²) in [7, 11) is -2.21. The average molecular weight is 316 g/mol. The lowest BCUT2D eigenvalue weighted by Crippen LogP contribution is -2.61. The number of rotatable bonds is 4. The highest BCUT2D eigenvalue weighted by molar-refractivity contribution is 7.89. The Morgan fingerprint density at radius 2 is 2.05 bits per heavy atom. The maximum atomic E-state index is 13.7. The molecular weight excluding hydrogens is 295 g/mol. The van der Waals surface area contributed by atoms with Gasteiger partial charge in [0, 0.05) is 29.8 Å². The first kappa shape index (κ1) is 16.2. The van der Waals surface area contributed by atoms with E-state index in [0.29, 0.717) is 6.42 Å². The van der Waals surface area contributed by atoms with E-state index >= 15 is 0 Å². The standard InChI is InChI=1S/C14H21FN2O3S/c1-8-10(15)5-9(6-11(8)16)21(18,19)17-12-7-13(20-4)14(12,2)3/h5-6,12-13,17H,7,16H2,1-4H3. The largest absolute Gasteiger partial charge is 0.398 e. The first-order valence-electron chi connectivity index (χ1n) is 6.70. The van der Waals surface area contributed by atoms with E-state index in [0.717, 1.165) is 6.07 Å². The Bertz CT molecular complexity index is 635. The van der Waals surface area contributed by atoms with Gasteiger partial charge in [-0.15, -0.1) is 0 Å². The molecule has 118 valence electrons. The van der Waals surface area contributed by atoms with Crippen LogP contribution in [0, 0.1) is 18.2 Å². The Morgan fingerprint density at radius 3 is 2.52 bits per heavy atom. The molecule has 2 unspecified atom stereocenters. The summed E-state index contributed by atoms with van der Waals surface area (Å²) >= 11 is 0. The van der Waals surface area contributed by atoms with E-state index in [1.807, 2.05) is 13.8 Å². The molecule has 2 rings (SSSR count). The maximum Gasteiger partial charge on any atom is 0.241 e. The van der Waals surface area contributed by atoms with E-state index in [4.69, 9.17) is 10.5 Å². The van der Waals surface area contributed by atoms with Gasteiger partial charge in [0.05, 0.1) is 11.0 Å². The quantitative estimate of drug-likeness (QED) is 0.830. The van der Waals surface area contributed by atoms with Crippen molar-refractivity contribution in [3.8, 4) is 0 Å². The summed E-state index contributed by atoms with van der Waals surface area (Å²) in [6.07, 6.45) is 0.594. The van der Waals surface area contributed by atoms with Crippen molar-refractivity contribution in [2.75, 3.05) is 12.8 Å². The predicted molar refractivity (Wildman–Crippen MR) is 78.9 cm³/mol. The molecule has 1 aliphatic rings. The summed E-state index contributed by atoms with van der Waals surface area (Å²) in [4.78, 5) is -0.153. The van der Waals surface area contributed by atoms with Crippen LogP contribution in [0.25, 0.3) is 0 Å². The third-order valence-corrected chi connectivity index (χ3v) is 5.88. The van der Waals surface area contributed by atoms with Crippen molar-refractivity contribution in [2.45, 2.75) is 44.2 Å². The Labute approximate surface area is 124 Å². The van der Waals surface area contributed by atoms with Gasteiger partial charge in [-0.25, -0.2) is 17.5 Å². The SMILES string of the molecule is COC1CC(NS(=O)(=O)c2cc(N)c(C)c(F)c2)C1(C)C. The smallest absolute Gasteiger partial charge is 0.241 e. The Morgan fingerprint density at radius 1 is 1.43 bits per heavy atom. The zero-order valence-electron chi connectivity index (χ0n) is 12.6. The first-order chi connectivity index (χ1) is 9.59. The van der Waals surface area contributed by atoms with Crippen LogP contribution in [-0.4, -0.2) is 27.7 Å². The molecule has 0 aliphatic heterocycles. The number of benzene rings is 1. The van der Waals surface area contributed by atoms with Crippen molar-refractivity contribution in [3.63, 3.8) is 0 Å². The lowest BCUT2D eigenvalue weighted by molar-refractivity contribution is -0.0908. The first-order valence-corrected chi connectivity index (χ1v) is 8.18. The van der Waals surface area contributed by atoms with Crippen LogP contribution in [0.15, 0.2) is 17.0 Å². The number of nitrogens with one attached hydrogen (secondary N) is 1. The number of halogens is 1. The highest BCUT2D eigenvalue weighted by atomic mass is 32.2. The molecule has 0 bridgehead atoms. The second-order valence-electron chi connectivity index (χ2n) is 6.07. The van der Waals surface area contributed by atoms with Crippen LogP contribution in [0.3, 0.4) is 0 Å². The van der Waals surface area contributed by atoms with Crippen molar-refractivity contribution in [1.82, 2.24) is 4.72 Å². The molecular formula is C14H21FN2O3S. The molecule has 5 nitrogen and oxygen atoms in total. The molecule has 0 radical (unpaired) electrons. The third kappa shape index (κ3) is 2.77. The van der Waals surface area contributed by atoms with Gasteiger partial charge in [-0.3, -0.25) is 0 Å². The fourth-order valence-electron chi connectivity index (χ4n) is 2.57. The van der Waals surface area contributed by atoms with Gasteiger partial charge in [0.25, 0.3) is 0 Å². The van der Waals surface area contributed by atoms with Crippen molar-refractivity contribution in [2.24, 2.45) is 5.41 Å². The van der Waals surface area contributed by atoms with Crippen LogP contribution in [0.5, 0.6) is 0 Å². The van der Waals surface area contributed by atoms with Crippen LogP contribution >= 0.6 is 0 Å². The van der Waals surface area contributed by atoms with E-state index in [1.165, 1.54) is 13.0 Å². The zero-order chi connectivity index (χ0) is 16.0. The van der Waals surface area contributed by atoms with Crippen molar-refractivity contribution in [1.29, 1.82) is 0 Å². The minimum Gasteiger partial charge on any atom is -0.398 e. The molecule has 0 amide bonds. The molecule has 21 heavy (non-hydrogen) atoms. The highest BCUT2D eigenvalue weighted by Crippen LogP contribution is 2.43. The maximum absolute atomic E-state index is 13.7. The monoisotopic (exact) mass is 316 g/mol. The van der Waals surface area contributed by atoms with E-state index in [-0.39, 0.29) is 33.7 Å². The lowest BCUT2D eigenvalue weighted by atomic mass is 9.65. The summed E-state index contributed by atoms with van der Waals surface area (Å²) < 4.78 is 46.3. The molecule has 1 saturated carbocycles. The van der Waals surface area contributed by atoms with Gasteiger partial charge in [-0.2, -0.15) is 0 Å². The molecule has 7 heteroatoms. The predicted octanol–water partition coefficient (Wildman–Crippen LogP) is 1.81. The van der Waals surface area contributed by atoms with Gasteiger partial charge in [0.15, 0.2) is 0 Å². The summed E-state index contributed by atoms with van der Waals surface area (Å²) in [5.41, 5.74) is 5.70. The molecule has 1 aliphatic carbocycles. The van der Waals surface area contributed by atoms with Crippen molar-refractivity contribution < 1.29 is 17.5 Å². The van der Waals surface area contributed by atoms with E-state index in [9.17, 15) is 12.8 Å². The molecule has 1 aromatic carbocycles. The second-order valence-corrected chi connectivity index (χ2v) is 7.79. The number of sulfonamides is 1. The molecule has 0 saturated heterocycles. The Kier molecular flexibility index (Phi) is 4.03. The van der Waals surface area contributed by atoms with Crippen LogP contribution < -0.4 is 10.5 Å². The Hall–Kier alpha value is -1.18. The van der Waals surface area contributed by atoms with Gasteiger partial charge < -0.3 is 10.5 Å². The molecule has 3 N–H and O–H groups in total. The van der Waals surface area contributed by atoms with E-state index in [2.05, 4.69) is 4.72 Å². The molecule has 0 spiro atoms. The van der Waals surface area contributed by atoms with Gasteiger partial charge in [0.2, 0.25) is 10.0 Å². The van der Waals surface area contributed by atoms with Gasteiger partial charge in [0.1, 0.15) is 5.82 Å². The van der Waals surface area contributed by atoms with Crippen LogP contribution in [0.2, 0.25) is 0 Å². The molecule has 0 aromatic heterocycles. The molecule has 0 heterocycles. The molecule has 1 fully saturated rings. The summed E-state index contributed by atoms with van der Waals surface area (Å²) in [6.45, 7) is 5.37.